The Bertz CT molecular complexity index is 858. The van der Waals surface area contributed by atoms with Crippen molar-refractivity contribution in [2.75, 3.05) is 13.2 Å². The number of aliphatic hydroxyl groups is 2. The number of nitrogens with two attached hydrogens (primary N) is 1. The molecule has 0 fully saturated rings. The molecule has 0 aromatic heterocycles. The zero-order valence-corrected chi connectivity index (χ0v) is 22.7. The maximum Gasteiger partial charge on any atom is 0.227 e. The van der Waals surface area contributed by atoms with Gasteiger partial charge in [0, 0.05) is 10.8 Å². The molecule has 196 valence electrons. The highest BCUT2D eigenvalue weighted by molar-refractivity contribution is 6.64. The highest BCUT2D eigenvalue weighted by Crippen LogP contribution is 2.23. The molecule has 0 aliphatic heterocycles. The second kappa shape index (κ2) is 16.4. The first kappa shape index (κ1) is 32.8. The Hall–Kier alpha value is -2.25. The van der Waals surface area contributed by atoms with Gasteiger partial charge in [-0.1, -0.05) is 102 Å². The number of rotatable bonds is 9. The van der Waals surface area contributed by atoms with E-state index in [1.165, 1.54) is 0 Å². The Morgan fingerprint density at radius 1 is 0.829 bits per heavy atom. The minimum Gasteiger partial charge on any atom is -0.394 e. The van der Waals surface area contributed by atoms with Crippen molar-refractivity contribution in [2.24, 2.45) is 16.6 Å². The van der Waals surface area contributed by atoms with Crippen LogP contribution in [0.1, 0.15) is 77.6 Å². The molecular weight excluding hydrogens is 464 g/mol. The summed E-state index contributed by atoms with van der Waals surface area (Å²) in [6.07, 6.45) is 1.57. The average molecular weight is 507 g/mol. The van der Waals surface area contributed by atoms with Crippen molar-refractivity contribution in [2.45, 2.75) is 66.5 Å². The largest absolute Gasteiger partial charge is 0.394 e. The first-order chi connectivity index (χ1) is 16.4. The molecule has 0 bridgehead atoms. The van der Waals surface area contributed by atoms with E-state index in [0.717, 1.165) is 24.0 Å². The van der Waals surface area contributed by atoms with Crippen LogP contribution in [-0.2, 0) is 9.59 Å². The van der Waals surface area contributed by atoms with Crippen molar-refractivity contribution in [3.63, 3.8) is 0 Å². The minimum atomic E-state index is -0.401. The van der Waals surface area contributed by atoms with E-state index in [9.17, 15) is 14.7 Å². The van der Waals surface area contributed by atoms with Crippen molar-refractivity contribution in [3.05, 3.63) is 71.8 Å². The van der Waals surface area contributed by atoms with Gasteiger partial charge < -0.3 is 21.3 Å². The van der Waals surface area contributed by atoms with Crippen LogP contribution in [0.3, 0.4) is 0 Å². The summed E-state index contributed by atoms with van der Waals surface area (Å²) in [5, 5.41) is 20.7. The van der Waals surface area contributed by atoms with Crippen molar-refractivity contribution >= 4 is 22.8 Å². The quantitative estimate of drug-likeness (QED) is 0.352. The molecule has 1 amide bonds. The lowest BCUT2D eigenvalue weighted by Gasteiger charge is -2.25. The SMILES string of the molecule is CCC(C)(C)C(=O)Cl.CCC(C)(C)C(=O)N[C@@H](CO)c1ccccc1.N[C@@H](CO)c1ccccc1. The molecule has 7 heteroatoms. The standard InChI is InChI=1S/C14H21NO2.C8H11NO.C6H11ClO/c1-4-14(2,3)13(17)15-12(10-16)11-8-6-5-7-9-11;9-8(6-10)7-4-2-1-3-5-7;1-4-6(2,3)5(7)8/h5-9,12,16H,4,10H2,1-3H3,(H,15,17);1-5,8,10H,6,9H2;4H2,1-3H3/t12-;8-;/m00./s1. The van der Waals surface area contributed by atoms with E-state index in [-0.39, 0.29) is 41.9 Å². The smallest absolute Gasteiger partial charge is 0.227 e. The first-order valence-electron chi connectivity index (χ1n) is 11.9. The maximum absolute atomic E-state index is 12.0. The van der Waals surface area contributed by atoms with E-state index >= 15 is 0 Å². The van der Waals surface area contributed by atoms with Crippen molar-refractivity contribution in [3.8, 4) is 0 Å². The average Bonchev–Trinajstić information content (AvgIpc) is 2.88. The van der Waals surface area contributed by atoms with E-state index in [1.54, 1.807) is 0 Å². The fraction of sp³-hybridized carbons (Fsp3) is 0.500. The van der Waals surface area contributed by atoms with Gasteiger partial charge in [0.1, 0.15) is 0 Å². The van der Waals surface area contributed by atoms with Crippen LogP contribution in [0.5, 0.6) is 0 Å². The highest BCUT2D eigenvalue weighted by Gasteiger charge is 2.27. The van der Waals surface area contributed by atoms with Gasteiger partial charge in [0.25, 0.3) is 0 Å². The molecule has 0 aliphatic rings. The summed E-state index contributed by atoms with van der Waals surface area (Å²) in [5.74, 6) is -0.0251. The normalized spacial score (nSPS) is 12.7. The van der Waals surface area contributed by atoms with E-state index in [1.807, 2.05) is 102 Å². The monoisotopic (exact) mass is 506 g/mol. The number of hydrogen-bond donors (Lipinski definition) is 4. The van der Waals surface area contributed by atoms with Crippen LogP contribution in [0.2, 0.25) is 0 Å². The van der Waals surface area contributed by atoms with Crippen molar-refractivity contribution in [1.29, 1.82) is 0 Å². The zero-order chi connectivity index (χ0) is 27.1. The molecule has 0 saturated carbocycles. The van der Waals surface area contributed by atoms with E-state index in [0.29, 0.717) is 0 Å². The first-order valence-corrected chi connectivity index (χ1v) is 12.3. The molecule has 2 atom stereocenters. The Morgan fingerprint density at radius 2 is 1.26 bits per heavy atom. The Kier molecular flexibility index (Phi) is 15.4. The van der Waals surface area contributed by atoms with Gasteiger partial charge in [0.2, 0.25) is 11.1 Å². The predicted octanol–water partition coefficient (Wildman–Crippen LogP) is 5.14. The Balaban J connectivity index is 0.000000545. The fourth-order valence-corrected chi connectivity index (χ4v) is 2.51. The molecule has 2 rings (SSSR count). The van der Waals surface area contributed by atoms with Gasteiger partial charge in [-0.25, -0.2) is 0 Å². The molecule has 2 aromatic carbocycles. The van der Waals surface area contributed by atoms with Crippen LogP contribution in [0, 0.1) is 10.8 Å². The van der Waals surface area contributed by atoms with Crippen molar-refractivity contribution in [1.82, 2.24) is 5.32 Å². The summed E-state index contributed by atoms with van der Waals surface area (Å²) in [5.41, 5.74) is 6.71. The predicted molar refractivity (Wildman–Crippen MR) is 144 cm³/mol. The third kappa shape index (κ3) is 12.3. The molecule has 0 radical (unpaired) electrons. The molecule has 0 unspecified atom stereocenters. The number of benzene rings is 2. The molecule has 0 aliphatic carbocycles. The lowest BCUT2D eigenvalue weighted by atomic mass is 9.88. The third-order valence-corrected chi connectivity index (χ3v) is 6.54. The van der Waals surface area contributed by atoms with Gasteiger partial charge in [-0.2, -0.15) is 0 Å². The van der Waals surface area contributed by atoms with Crippen LogP contribution in [-0.4, -0.2) is 34.6 Å². The second-order valence-electron chi connectivity index (χ2n) is 9.57. The number of aliphatic hydroxyl groups excluding tert-OH is 2. The van der Waals surface area contributed by atoms with Crippen molar-refractivity contribution < 1.29 is 19.8 Å². The molecule has 0 spiro atoms. The van der Waals surface area contributed by atoms with Gasteiger partial charge in [0.15, 0.2) is 0 Å². The number of nitrogens with one attached hydrogen (secondary N) is 1. The summed E-state index contributed by atoms with van der Waals surface area (Å²) in [6.45, 7) is 11.3. The van der Waals surface area contributed by atoms with Crippen LogP contribution >= 0.6 is 11.6 Å². The summed E-state index contributed by atoms with van der Waals surface area (Å²) < 4.78 is 0. The molecule has 0 saturated heterocycles. The maximum atomic E-state index is 12.0. The zero-order valence-electron chi connectivity index (χ0n) is 21.9. The molecule has 2 aromatic rings. The molecule has 0 heterocycles. The summed E-state index contributed by atoms with van der Waals surface area (Å²) >= 11 is 5.23. The second-order valence-corrected chi connectivity index (χ2v) is 9.91. The molecular formula is C28H43ClN2O4. The summed E-state index contributed by atoms with van der Waals surface area (Å²) in [6, 6.07) is 18.5. The van der Waals surface area contributed by atoms with Crippen LogP contribution in [0.4, 0.5) is 0 Å². The summed E-state index contributed by atoms with van der Waals surface area (Å²) in [4.78, 5) is 22.5. The number of hydrogen-bond acceptors (Lipinski definition) is 5. The Morgan fingerprint density at radius 3 is 1.57 bits per heavy atom. The lowest BCUT2D eigenvalue weighted by molar-refractivity contribution is -0.130. The van der Waals surface area contributed by atoms with E-state index < -0.39 is 5.41 Å². The van der Waals surface area contributed by atoms with Gasteiger partial charge in [-0.05, 0) is 35.6 Å². The molecule has 5 N–H and O–H groups in total. The topological polar surface area (TPSA) is 113 Å². The van der Waals surface area contributed by atoms with Crippen LogP contribution in [0.25, 0.3) is 0 Å². The Labute approximate surface area is 215 Å². The van der Waals surface area contributed by atoms with Gasteiger partial charge in [-0.3, -0.25) is 9.59 Å². The van der Waals surface area contributed by atoms with Gasteiger partial charge in [-0.15, -0.1) is 0 Å². The highest BCUT2D eigenvalue weighted by atomic mass is 35.5. The molecule has 6 nitrogen and oxygen atoms in total. The van der Waals surface area contributed by atoms with E-state index in [2.05, 4.69) is 5.32 Å². The van der Waals surface area contributed by atoms with Gasteiger partial charge >= 0.3 is 0 Å². The number of amides is 1. The van der Waals surface area contributed by atoms with Crippen LogP contribution < -0.4 is 11.1 Å². The fourth-order valence-electron chi connectivity index (χ4n) is 2.38. The summed E-state index contributed by atoms with van der Waals surface area (Å²) in [7, 11) is 0. The third-order valence-electron chi connectivity index (χ3n) is 6.03. The van der Waals surface area contributed by atoms with Gasteiger partial charge in [0.05, 0.1) is 25.3 Å². The number of carbonyl (C=O) groups excluding carboxylic acids is 2. The van der Waals surface area contributed by atoms with E-state index in [4.69, 9.17) is 22.4 Å². The number of carbonyl (C=O) groups is 2. The molecule has 35 heavy (non-hydrogen) atoms. The lowest BCUT2D eigenvalue weighted by Crippen LogP contribution is -2.39. The minimum absolute atomic E-state index is 0.00398. The van der Waals surface area contributed by atoms with Crippen LogP contribution in [0.15, 0.2) is 60.7 Å². The number of halogens is 1.